The highest BCUT2D eigenvalue weighted by molar-refractivity contribution is 6.14. The molecule has 0 amide bonds. The number of carboxylic acids is 4. The van der Waals surface area contributed by atoms with Crippen LogP contribution in [0.5, 0.6) is 0 Å². The fraction of sp³-hybridized carbons (Fsp3) is 0.438. The van der Waals surface area contributed by atoms with Gasteiger partial charge in [-0.15, -0.1) is 0 Å². The summed E-state index contributed by atoms with van der Waals surface area (Å²) in [7, 11) is 0. The molecule has 48 heavy (non-hydrogen) atoms. The Morgan fingerprint density at radius 2 is 0.938 bits per heavy atom. The first-order valence-corrected chi connectivity index (χ1v) is 14.2. The molecule has 0 unspecified atom stereocenters. The third-order valence-corrected chi connectivity index (χ3v) is 5.94. The molecular formula is C32H44O16. The Hall–Kier alpha value is -4.74. The quantitative estimate of drug-likeness (QED) is 0.0874. The van der Waals surface area contributed by atoms with Crippen molar-refractivity contribution in [3.8, 4) is 0 Å². The number of aliphatic carboxylic acids is 2. The Kier molecular flexibility index (Phi) is 22.3. The topological polar surface area (TPSA) is 294 Å². The number of benzene rings is 2. The zero-order valence-corrected chi connectivity index (χ0v) is 26.9. The van der Waals surface area contributed by atoms with Crippen LogP contribution in [0.25, 0.3) is 0 Å². The van der Waals surface area contributed by atoms with E-state index in [1.807, 2.05) is 0 Å². The molecule has 16 heteroatoms. The van der Waals surface area contributed by atoms with Gasteiger partial charge in [-0.3, -0.25) is 9.59 Å². The summed E-state index contributed by atoms with van der Waals surface area (Å²) < 4.78 is 4.35. The van der Waals surface area contributed by atoms with E-state index in [4.69, 9.17) is 46.0 Å². The fourth-order valence-electron chi connectivity index (χ4n) is 2.57. The number of aliphatic hydroxyl groups is 5. The largest absolute Gasteiger partial charge is 0.481 e. The Bertz CT molecular complexity index is 1240. The van der Waals surface area contributed by atoms with Crippen LogP contribution in [-0.2, 0) is 14.3 Å². The van der Waals surface area contributed by atoms with Crippen molar-refractivity contribution in [1.29, 1.82) is 0 Å². The van der Waals surface area contributed by atoms with E-state index in [1.54, 1.807) is 45.0 Å². The van der Waals surface area contributed by atoms with Gasteiger partial charge in [0.05, 0.1) is 55.3 Å². The summed E-state index contributed by atoms with van der Waals surface area (Å²) in [5.74, 6) is -5.09. The van der Waals surface area contributed by atoms with Gasteiger partial charge in [0, 0.05) is 23.7 Å². The maximum absolute atomic E-state index is 10.8. The lowest BCUT2D eigenvalue weighted by molar-refractivity contribution is -0.139. The lowest BCUT2D eigenvalue weighted by Gasteiger charge is -2.20. The number of carbonyl (C=O) groups excluding carboxylic acids is 2. The number of aromatic carboxylic acids is 2. The van der Waals surface area contributed by atoms with E-state index in [0.717, 1.165) is 6.07 Å². The van der Waals surface area contributed by atoms with Gasteiger partial charge in [0.1, 0.15) is 0 Å². The molecule has 1 aliphatic rings. The van der Waals surface area contributed by atoms with Crippen molar-refractivity contribution in [3.05, 3.63) is 70.8 Å². The van der Waals surface area contributed by atoms with Gasteiger partial charge < -0.3 is 50.7 Å². The second-order valence-electron chi connectivity index (χ2n) is 11.2. The third-order valence-electron chi connectivity index (χ3n) is 5.94. The smallest absolute Gasteiger partial charge is 0.346 e. The maximum Gasteiger partial charge on any atom is 0.346 e. The second-order valence-corrected chi connectivity index (χ2v) is 11.2. The summed E-state index contributed by atoms with van der Waals surface area (Å²) in [4.78, 5) is 62.2. The number of ether oxygens (including phenoxy) is 1. The van der Waals surface area contributed by atoms with Crippen molar-refractivity contribution in [2.24, 2.45) is 10.8 Å². The molecule has 268 valence electrons. The molecule has 2 aromatic rings. The minimum absolute atomic E-state index is 0.0186. The predicted octanol–water partition coefficient (Wildman–Crippen LogP) is 1.76. The Morgan fingerprint density at radius 1 is 0.583 bits per heavy atom. The molecule has 0 aromatic heterocycles. The van der Waals surface area contributed by atoms with Crippen LogP contribution >= 0.6 is 0 Å². The van der Waals surface area contributed by atoms with Crippen molar-refractivity contribution in [1.82, 2.24) is 0 Å². The molecule has 9 N–H and O–H groups in total. The molecule has 0 atom stereocenters. The Balaban J connectivity index is 0. The zero-order chi connectivity index (χ0) is 37.5. The number of carbonyl (C=O) groups is 6. The van der Waals surface area contributed by atoms with Crippen molar-refractivity contribution in [2.75, 3.05) is 33.0 Å². The molecule has 0 saturated carbocycles. The third kappa shape index (κ3) is 19.7. The second kappa shape index (κ2) is 23.6. The van der Waals surface area contributed by atoms with Crippen LogP contribution in [0.3, 0.4) is 0 Å². The predicted molar refractivity (Wildman–Crippen MR) is 168 cm³/mol. The molecule has 0 saturated heterocycles. The number of esters is 2. The molecule has 0 radical (unpaired) electrons. The average Bonchev–Trinajstić information content (AvgIpc) is 3.36. The van der Waals surface area contributed by atoms with Gasteiger partial charge in [0.2, 0.25) is 0 Å². The summed E-state index contributed by atoms with van der Waals surface area (Å²) >= 11 is 0. The number of hydrogen-bond donors (Lipinski definition) is 9. The van der Waals surface area contributed by atoms with E-state index in [1.165, 1.54) is 18.2 Å². The van der Waals surface area contributed by atoms with Crippen LogP contribution in [0.2, 0.25) is 0 Å². The summed E-state index contributed by atoms with van der Waals surface area (Å²) in [6, 6.07) is 11.7. The summed E-state index contributed by atoms with van der Waals surface area (Å²) in [6.07, 6.45) is 1.02. The number of fused-ring (bicyclic) bond motifs is 1. The number of carboxylic acid groups (broad SMARTS) is 4. The van der Waals surface area contributed by atoms with Gasteiger partial charge in [0.15, 0.2) is 0 Å². The summed E-state index contributed by atoms with van der Waals surface area (Å²) in [5.41, 5.74) is -0.334. The van der Waals surface area contributed by atoms with Gasteiger partial charge in [-0.25, -0.2) is 19.2 Å². The van der Waals surface area contributed by atoms with Crippen molar-refractivity contribution in [3.63, 3.8) is 0 Å². The number of unbranched alkanes of at least 4 members (excludes halogenated alkanes) is 1. The number of aliphatic hydroxyl groups excluding tert-OH is 5. The van der Waals surface area contributed by atoms with Crippen molar-refractivity contribution >= 4 is 35.8 Å². The normalized spacial score (nSPS) is 11.3. The van der Waals surface area contributed by atoms with Crippen LogP contribution < -0.4 is 0 Å². The highest BCUT2D eigenvalue weighted by Crippen LogP contribution is 2.18. The lowest BCUT2D eigenvalue weighted by atomic mass is 9.95. The SMILES string of the molecule is CC(C)(CO)CO.CC(CO)(CO)CO.O=C(O)CCCCC(=O)O.O=C(O)c1cccc(C(=O)O)c1.O=C1OC(=O)c2ccccc21. The van der Waals surface area contributed by atoms with Gasteiger partial charge >= 0.3 is 35.8 Å². The minimum Gasteiger partial charge on any atom is -0.481 e. The molecule has 3 rings (SSSR count). The molecule has 1 heterocycles. The first-order valence-electron chi connectivity index (χ1n) is 14.2. The molecule has 0 aliphatic carbocycles. The molecule has 2 aromatic carbocycles. The molecule has 16 nitrogen and oxygen atoms in total. The van der Waals surface area contributed by atoms with Crippen molar-refractivity contribution < 1.29 is 79.5 Å². The van der Waals surface area contributed by atoms with E-state index >= 15 is 0 Å². The minimum atomic E-state index is -1.13. The van der Waals surface area contributed by atoms with Crippen LogP contribution in [0.15, 0.2) is 48.5 Å². The summed E-state index contributed by atoms with van der Waals surface area (Å²) in [5, 5.41) is 75.5. The van der Waals surface area contributed by atoms with E-state index in [2.05, 4.69) is 4.74 Å². The standard InChI is InChI=1S/C8H6O4.C8H4O3.C6H10O4.C5H12O3.C5H12O2/c9-7(10)5-2-1-3-6(4-5)8(11)12;9-7-5-3-1-2-4-6(5)8(10)11-7;7-5(8)3-1-2-4-6(9)10;1-5(2-6,3-7)4-8;1-5(2,3-6)4-7/h1-4H,(H,9,10)(H,11,12);1-4H;1-4H2,(H,7,8)(H,9,10);6-8H,2-4H2,1H3;6-7H,3-4H2,1-2H3. The van der Waals surface area contributed by atoms with E-state index in [0.29, 0.717) is 24.0 Å². The Labute approximate surface area is 276 Å². The van der Waals surface area contributed by atoms with Crippen LogP contribution in [0.4, 0.5) is 0 Å². The van der Waals surface area contributed by atoms with Gasteiger partial charge in [-0.2, -0.15) is 0 Å². The van der Waals surface area contributed by atoms with Crippen LogP contribution in [-0.4, -0.2) is 115 Å². The monoisotopic (exact) mass is 684 g/mol. The van der Waals surface area contributed by atoms with Crippen molar-refractivity contribution in [2.45, 2.75) is 46.5 Å². The molecule has 0 bridgehead atoms. The van der Waals surface area contributed by atoms with E-state index < -0.39 is 41.2 Å². The number of hydrogen-bond acceptors (Lipinski definition) is 12. The van der Waals surface area contributed by atoms with E-state index in [9.17, 15) is 28.8 Å². The molecule has 1 aliphatic heterocycles. The molecular weight excluding hydrogens is 640 g/mol. The number of cyclic esters (lactones) is 2. The van der Waals surface area contributed by atoms with Gasteiger partial charge in [-0.05, 0) is 43.2 Å². The number of rotatable bonds is 12. The maximum atomic E-state index is 10.8. The first kappa shape index (κ1) is 45.4. The summed E-state index contributed by atoms with van der Waals surface area (Å²) in [6.45, 7) is 4.75. The first-order chi connectivity index (χ1) is 22.3. The Morgan fingerprint density at radius 3 is 1.17 bits per heavy atom. The van der Waals surface area contributed by atoms with Gasteiger partial charge in [-0.1, -0.05) is 39.0 Å². The molecule has 0 spiro atoms. The highest BCUT2D eigenvalue weighted by atomic mass is 16.6. The van der Waals surface area contributed by atoms with Gasteiger partial charge in [0.25, 0.3) is 0 Å². The highest BCUT2D eigenvalue weighted by Gasteiger charge is 2.28. The van der Waals surface area contributed by atoms with Crippen LogP contribution in [0, 0.1) is 10.8 Å². The lowest BCUT2D eigenvalue weighted by Crippen LogP contribution is -2.29. The fourth-order valence-corrected chi connectivity index (χ4v) is 2.57. The molecule has 0 fully saturated rings. The van der Waals surface area contributed by atoms with E-state index in [-0.39, 0.29) is 62.4 Å². The van der Waals surface area contributed by atoms with Crippen LogP contribution in [0.1, 0.15) is 87.9 Å². The average molecular weight is 685 g/mol. The zero-order valence-electron chi connectivity index (χ0n) is 26.9.